The fourth-order valence-corrected chi connectivity index (χ4v) is 2.96. The molecule has 3 N–H and O–H groups in total. The standard InChI is InChI=1S/C22H25F3N4O5.Na/c1-14-7-9-27-18(10-14)26-8-3-6-19(30)28-13-20(31)29-17(12-21(32)33)15-4-2-5-16(11-15)34-22(23,24)25;/h2,4-5,7,9-11,17H,3,6,8,12-13H2,1H3,(H,26,27)(H,28,30)(H,29,31)(H,32,33);/q;+1/p-1. The maximum atomic E-state index is 12.4. The van der Waals surface area contributed by atoms with Crippen molar-refractivity contribution in [3.63, 3.8) is 0 Å². The molecule has 35 heavy (non-hydrogen) atoms. The summed E-state index contributed by atoms with van der Waals surface area (Å²) in [5, 5.41) is 18.9. The van der Waals surface area contributed by atoms with Gasteiger partial charge in [-0.05, 0) is 48.7 Å². The van der Waals surface area contributed by atoms with Crippen molar-refractivity contribution in [1.29, 1.82) is 0 Å². The zero-order valence-corrected chi connectivity index (χ0v) is 21.3. The third-order valence-electron chi connectivity index (χ3n) is 4.45. The minimum atomic E-state index is -4.93. The number of rotatable bonds is 12. The summed E-state index contributed by atoms with van der Waals surface area (Å²) in [6, 6.07) is 7.11. The quantitative estimate of drug-likeness (QED) is 0.239. The summed E-state index contributed by atoms with van der Waals surface area (Å²) >= 11 is 0. The van der Waals surface area contributed by atoms with E-state index < -0.39 is 48.9 Å². The van der Waals surface area contributed by atoms with Crippen molar-refractivity contribution in [2.45, 2.75) is 38.6 Å². The summed E-state index contributed by atoms with van der Waals surface area (Å²) in [6.45, 7) is 1.98. The van der Waals surface area contributed by atoms with E-state index in [1.54, 1.807) is 6.20 Å². The van der Waals surface area contributed by atoms with Crippen molar-refractivity contribution in [3.8, 4) is 5.75 Å². The van der Waals surface area contributed by atoms with Crippen LogP contribution in [0.3, 0.4) is 0 Å². The van der Waals surface area contributed by atoms with Crippen LogP contribution in [0.5, 0.6) is 5.75 Å². The van der Waals surface area contributed by atoms with E-state index in [1.807, 2.05) is 19.1 Å². The molecule has 0 radical (unpaired) electrons. The van der Waals surface area contributed by atoms with E-state index in [0.717, 1.165) is 17.7 Å². The molecule has 0 fully saturated rings. The molecule has 13 heteroatoms. The third kappa shape index (κ3) is 12.4. The maximum absolute atomic E-state index is 12.4. The molecule has 0 bridgehead atoms. The second-order valence-electron chi connectivity index (χ2n) is 7.34. The van der Waals surface area contributed by atoms with Gasteiger partial charge >= 0.3 is 35.9 Å². The maximum Gasteiger partial charge on any atom is 1.00 e. The summed E-state index contributed by atoms with van der Waals surface area (Å²) in [7, 11) is 0. The van der Waals surface area contributed by atoms with Crippen LogP contribution in [0.15, 0.2) is 42.6 Å². The number of nitrogens with one attached hydrogen (secondary N) is 3. The Morgan fingerprint density at radius 1 is 1.14 bits per heavy atom. The van der Waals surface area contributed by atoms with Gasteiger partial charge < -0.3 is 30.6 Å². The topological polar surface area (TPSA) is 132 Å². The van der Waals surface area contributed by atoms with Crippen molar-refractivity contribution < 1.29 is 67.0 Å². The van der Waals surface area contributed by atoms with Gasteiger partial charge in [0.25, 0.3) is 0 Å². The van der Waals surface area contributed by atoms with Crippen LogP contribution < -0.4 is 55.4 Å². The molecule has 1 heterocycles. The Bertz CT molecular complexity index is 1010. The number of hydrogen-bond acceptors (Lipinski definition) is 7. The van der Waals surface area contributed by atoms with Crippen LogP contribution in [0.25, 0.3) is 0 Å². The van der Waals surface area contributed by atoms with E-state index in [-0.39, 0.29) is 41.5 Å². The molecule has 2 rings (SSSR count). The molecule has 1 atom stereocenters. The number of aromatic nitrogens is 1. The predicted molar refractivity (Wildman–Crippen MR) is 113 cm³/mol. The van der Waals surface area contributed by atoms with Gasteiger partial charge in [0.15, 0.2) is 0 Å². The van der Waals surface area contributed by atoms with Gasteiger partial charge in [0.1, 0.15) is 11.6 Å². The van der Waals surface area contributed by atoms with E-state index in [1.165, 1.54) is 12.1 Å². The average Bonchev–Trinajstić information content (AvgIpc) is 2.73. The Kier molecular flexibility index (Phi) is 12.5. The molecule has 1 aromatic carbocycles. The normalized spacial score (nSPS) is 11.5. The smallest absolute Gasteiger partial charge is 0.550 e. The minimum absolute atomic E-state index is 0. The number of carboxylic acid groups (broad SMARTS) is 1. The molecule has 0 saturated heterocycles. The average molecular weight is 504 g/mol. The van der Waals surface area contributed by atoms with E-state index in [4.69, 9.17) is 0 Å². The summed E-state index contributed by atoms with van der Waals surface area (Å²) in [5.74, 6) is -2.52. The van der Waals surface area contributed by atoms with Crippen molar-refractivity contribution in [2.75, 3.05) is 18.4 Å². The first-order valence-corrected chi connectivity index (χ1v) is 10.3. The number of carbonyl (C=O) groups is 3. The van der Waals surface area contributed by atoms with Gasteiger partial charge in [-0.1, -0.05) is 12.1 Å². The summed E-state index contributed by atoms with van der Waals surface area (Å²) in [6.07, 6.45) is -3.35. The number of benzene rings is 1. The molecular formula is C22H24F3N4NaO5. The Morgan fingerprint density at radius 3 is 2.54 bits per heavy atom. The Hall–Kier alpha value is -2.83. The van der Waals surface area contributed by atoms with Crippen LogP contribution in [0.1, 0.15) is 36.4 Å². The number of ether oxygens (including phenoxy) is 1. The molecule has 0 aliphatic rings. The van der Waals surface area contributed by atoms with E-state index >= 15 is 0 Å². The summed E-state index contributed by atoms with van der Waals surface area (Å²) in [5.41, 5.74) is 1.11. The first-order valence-electron chi connectivity index (χ1n) is 10.3. The number of carboxylic acids is 1. The van der Waals surface area contributed by atoms with Gasteiger partial charge in [0, 0.05) is 31.6 Å². The molecule has 2 aromatic rings. The number of hydrogen-bond donors (Lipinski definition) is 3. The molecular weight excluding hydrogens is 480 g/mol. The number of aryl methyl sites for hydroxylation is 1. The molecule has 184 valence electrons. The number of alkyl halides is 3. The van der Waals surface area contributed by atoms with Gasteiger partial charge in [0.2, 0.25) is 11.8 Å². The first-order chi connectivity index (χ1) is 16.0. The molecule has 9 nitrogen and oxygen atoms in total. The van der Waals surface area contributed by atoms with Crippen LogP contribution >= 0.6 is 0 Å². The van der Waals surface area contributed by atoms with Crippen molar-refractivity contribution in [2.24, 2.45) is 0 Å². The number of anilines is 1. The van der Waals surface area contributed by atoms with E-state index in [0.29, 0.717) is 18.8 Å². The number of carbonyl (C=O) groups excluding carboxylic acids is 3. The predicted octanol–water partition coefficient (Wildman–Crippen LogP) is -1.40. The van der Waals surface area contributed by atoms with Crippen LogP contribution in [-0.2, 0) is 14.4 Å². The van der Waals surface area contributed by atoms with Crippen molar-refractivity contribution in [3.05, 3.63) is 53.7 Å². The number of halogens is 3. The third-order valence-corrected chi connectivity index (χ3v) is 4.45. The number of nitrogens with zero attached hydrogens (tertiary/aromatic N) is 1. The zero-order chi connectivity index (χ0) is 25.1. The molecule has 0 aliphatic carbocycles. The van der Waals surface area contributed by atoms with Crippen LogP contribution in [0, 0.1) is 6.92 Å². The van der Waals surface area contributed by atoms with Crippen LogP contribution in [-0.4, -0.2) is 42.2 Å². The molecule has 0 spiro atoms. The van der Waals surface area contributed by atoms with Gasteiger partial charge in [-0.2, -0.15) is 0 Å². The Balaban J connectivity index is 0.00000612. The molecule has 0 saturated carbocycles. The van der Waals surface area contributed by atoms with Crippen molar-refractivity contribution in [1.82, 2.24) is 15.6 Å². The zero-order valence-electron chi connectivity index (χ0n) is 19.3. The van der Waals surface area contributed by atoms with Gasteiger partial charge in [0.05, 0.1) is 12.6 Å². The van der Waals surface area contributed by atoms with E-state index in [9.17, 15) is 32.7 Å². The molecule has 2 amide bonds. The second kappa shape index (κ2) is 14.5. The largest absolute Gasteiger partial charge is 1.00 e. The number of amides is 2. The fourth-order valence-electron chi connectivity index (χ4n) is 2.96. The Morgan fingerprint density at radius 2 is 1.89 bits per heavy atom. The first kappa shape index (κ1) is 30.2. The number of aliphatic carboxylic acids is 1. The second-order valence-corrected chi connectivity index (χ2v) is 7.34. The minimum Gasteiger partial charge on any atom is -0.550 e. The summed E-state index contributed by atoms with van der Waals surface area (Å²) in [4.78, 5) is 39.4. The van der Waals surface area contributed by atoms with Gasteiger partial charge in [-0.25, -0.2) is 4.98 Å². The van der Waals surface area contributed by atoms with Crippen LogP contribution in [0.4, 0.5) is 19.0 Å². The molecule has 1 aromatic heterocycles. The summed E-state index contributed by atoms with van der Waals surface area (Å²) < 4.78 is 41.1. The van der Waals surface area contributed by atoms with Crippen molar-refractivity contribution >= 4 is 23.6 Å². The Labute approximate surface area is 222 Å². The monoisotopic (exact) mass is 504 g/mol. The number of pyridine rings is 1. The molecule has 0 aliphatic heterocycles. The van der Waals surface area contributed by atoms with Gasteiger partial charge in [-0.3, -0.25) is 9.59 Å². The molecule has 1 unspecified atom stereocenters. The van der Waals surface area contributed by atoms with Gasteiger partial charge in [-0.15, -0.1) is 13.2 Å². The van der Waals surface area contributed by atoms with E-state index in [2.05, 4.69) is 25.7 Å². The SMILES string of the molecule is Cc1ccnc(NCCCC(=O)NCC(=O)NC(CC(=O)[O-])c2cccc(OC(F)(F)F)c2)c1.[Na+]. The fraction of sp³-hybridized carbons (Fsp3) is 0.364. The van der Waals surface area contributed by atoms with Crippen LogP contribution in [0.2, 0.25) is 0 Å².